The van der Waals surface area contributed by atoms with E-state index in [2.05, 4.69) is 10.1 Å². The monoisotopic (exact) mass is 448 g/mol. The molecule has 2 aromatic carbocycles. The van der Waals surface area contributed by atoms with E-state index in [4.69, 9.17) is 5.14 Å². The number of aromatic nitrogens is 3. The molecule has 0 aliphatic rings. The zero-order valence-corrected chi connectivity index (χ0v) is 17.5. The number of benzene rings is 2. The summed E-state index contributed by atoms with van der Waals surface area (Å²) in [4.78, 5) is 3.85. The van der Waals surface area contributed by atoms with Gasteiger partial charge in [-0.1, -0.05) is 37.3 Å². The number of hydrogen-bond acceptors (Lipinski definition) is 5. The van der Waals surface area contributed by atoms with E-state index in [0.29, 0.717) is 6.42 Å². The molecule has 0 aliphatic carbocycles. The zero-order chi connectivity index (χ0) is 22.6. The molecule has 0 fully saturated rings. The summed E-state index contributed by atoms with van der Waals surface area (Å²) in [5, 5.41) is 20.5. The maximum absolute atomic E-state index is 14.5. The first-order chi connectivity index (χ1) is 14.6. The number of primary sulfonamides is 1. The summed E-state index contributed by atoms with van der Waals surface area (Å²) in [5.41, 5.74) is -0.997. The highest BCUT2D eigenvalue weighted by molar-refractivity contribution is 7.89. The van der Waals surface area contributed by atoms with Gasteiger partial charge in [0, 0.05) is 11.6 Å². The largest absolute Gasteiger partial charge is 0.383 e. The van der Waals surface area contributed by atoms with Crippen molar-refractivity contribution in [3.63, 3.8) is 0 Å². The van der Waals surface area contributed by atoms with Gasteiger partial charge in [-0.05, 0) is 36.1 Å². The fourth-order valence-electron chi connectivity index (χ4n) is 3.28. The van der Waals surface area contributed by atoms with Gasteiger partial charge in [-0.25, -0.2) is 32.0 Å². The number of allylic oxidation sites excluding steroid dienone is 1. The van der Waals surface area contributed by atoms with Crippen LogP contribution in [0.3, 0.4) is 0 Å². The highest BCUT2D eigenvalue weighted by Gasteiger charge is 2.38. The molecule has 0 saturated carbocycles. The highest BCUT2D eigenvalue weighted by atomic mass is 32.2. The van der Waals surface area contributed by atoms with Gasteiger partial charge < -0.3 is 5.11 Å². The molecule has 3 aromatic rings. The molecule has 1 aromatic heterocycles. The molecule has 164 valence electrons. The lowest BCUT2D eigenvalue weighted by Crippen LogP contribution is -2.39. The lowest BCUT2D eigenvalue weighted by Gasteiger charge is -2.34. The van der Waals surface area contributed by atoms with Crippen molar-refractivity contribution in [1.29, 1.82) is 0 Å². The quantitative estimate of drug-likeness (QED) is 0.551. The SMILES string of the molecule is C[C@@H](C/C=C/c1ccc(S(N)(=O)=O)cc1)[C@](O)(Cn1cncn1)c1ccc(F)cc1F. The summed E-state index contributed by atoms with van der Waals surface area (Å²) in [6, 6.07) is 9.05. The Bertz CT molecular complexity index is 1170. The topological polar surface area (TPSA) is 111 Å². The number of sulfonamides is 1. The first-order valence-electron chi connectivity index (χ1n) is 9.39. The third-order valence-electron chi connectivity index (χ3n) is 5.09. The minimum Gasteiger partial charge on any atom is -0.383 e. The standard InChI is InChI=1S/C21H22F2N4O3S/c1-15(3-2-4-16-5-8-18(9-6-16)31(24,29)30)21(28,12-27-14-25-13-26-27)19-10-7-17(22)11-20(19)23/h2,4-11,13-15,28H,3,12H2,1H3,(H2,24,29,30)/b4-2+/t15-,21+/m0/s1. The third kappa shape index (κ3) is 5.40. The smallest absolute Gasteiger partial charge is 0.238 e. The van der Waals surface area contributed by atoms with Crippen molar-refractivity contribution in [1.82, 2.24) is 14.8 Å². The first kappa shape index (κ1) is 22.7. The zero-order valence-electron chi connectivity index (χ0n) is 16.7. The molecule has 0 amide bonds. The fourth-order valence-corrected chi connectivity index (χ4v) is 3.80. The molecule has 3 N–H and O–H groups in total. The summed E-state index contributed by atoms with van der Waals surface area (Å²) in [5.74, 6) is -2.08. The molecule has 0 saturated heterocycles. The molecule has 3 rings (SSSR count). The van der Waals surface area contributed by atoms with Gasteiger partial charge in [0.1, 0.15) is 29.9 Å². The van der Waals surface area contributed by atoms with Crippen LogP contribution in [0.1, 0.15) is 24.5 Å². The minimum atomic E-state index is -3.77. The van der Waals surface area contributed by atoms with Crippen molar-refractivity contribution in [3.05, 3.63) is 84.0 Å². The molecule has 10 heteroatoms. The van der Waals surface area contributed by atoms with Crippen LogP contribution in [0, 0.1) is 17.6 Å². The summed E-state index contributed by atoms with van der Waals surface area (Å²) in [7, 11) is -3.77. The Kier molecular flexibility index (Phi) is 6.63. The first-order valence-corrected chi connectivity index (χ1v) is 10.9. The van der Waals surface area contributed by atoms with Gasteiger partial charge in [-0.3, -0.25) is 0 Å². The number of aliphatic hydroxyl groups is 1. The van der Waals surface area contributed by atoms with Gasteiger partial charge >= 0.3 is 0 Å². The van der Waals surface area contributed by atoms with Crippen LogP contribution in [0.15, 0.2) is 66.1 Å². The Labute approximate surface area is 178 Å². The van der Waals surface area contributed by atoms with Crippen molar-refractivity contribution >= 4 is 16.1 Å². The molecule has 31 heavy (non-hydrogen) atoms. The van der Waals surface area contributed by atoms with Crippen LogP contribution in [-0.2, 0) is 22.2 Å². The number of nitrogens with zero attached hydrogens (tertiary/aromatic N) is 3. The molecule has 0 spiro atoms. The van der Waals surface area contributed by atoms with Gasteiger partial charge in [-0.15, -0.1) is 0 Å². The van der Waals surface area contributed by atoms with Gasteiger partial charge in [0.2, 0.25) is 10.0 Å². The van der Waals surface area contributed by atoms with E-state index < -0.39 is 33.2 Å². The van der Waals surface area contributed by atoms with E-state index >= 15 is 0 Å². The molecular weight excluding hydrogens is 426 g/mol. The van der Waals surface area contributed by atoms with E-state index in [1.165, 1.54) is 35.5 Å². The van der Waals surface area contributed by atoms with Gasteiger partial charge in [-0.2, -0.15) is 5.10 Å². The van der Waals surface area contributed by atoms with Gasteiger partial charge in [0.25, 0.3) is 0 Å². The van der Waals surface area contributed by atoms with E-state index in [9.17, 15) is 22.3 Å². The molecule has 2 atom stereocenters. The van der Waals surface area contributed by atoms with Gasteiger partial charge in [0.15, 0.2) is 0 Å². The van der Waals surface area contributed by atoms with Crippen LogP contribution < -0.4 is 5.14 Å². The van der Waals surface area contributed by atoms with Crippen LogP contribution in [0.5, 0.6) is 0 Å². The second kappa shape index (κ2) is 9.04. The van der Waals surface area contributed by atoms with Crippen molar-refractivity contribution in [3.8, 4) is 0 Å². The molecule has 0 aliphatic heterocycles. The summed E-state index contributed by atoms with van der Waals surface area (Å²) in [6.07, 6.45) is 6.59. The van der Waals surface area contributed by atoms with Crippen LogP contribution in [0.4, 0.5) is 8.78 Å². The maximum Gasteiger partial charge on any atom is 0.238 e. The van der Waals surface area contributed by atoms with E-state index in [-0.39, 0.29) is 17.0 Å². The number of rotatable bonds is 8. The third-order valence-corrected chi connectivity index (χ3v) is 6.02. The summed E-state index contributed by atoms with van der Waals surface area (Å²) < 4.78 is 52.0. The lowest BCUT2D eigenvalue weighted by molar-refractivity contribution is -0.0379. The van der Waals surface area contributed by atoms with Crippen LogP contribution in [0.2, 0.25) is 0 Å². The predicted octanol–water partition coefficient (Wildman–Crippen LogP) is 2.83. The van der Waals surface area contributed by atoms with Crippen molar-refractivity contribution < 1.29 is 22.3 Å². The number of halogens is 2. The second-order valence-corrected chi connectivity index (χ2v) is 8.86. The molecule has 0 radical (unpaired) electrons. The summed E-state index contributed by atoms with van der Waals surface area (Å²) in [6.45, 7) is 1.67. The Morgan fingerprint density at radius 3 is 2.52 bits per heavy atom. The van der Waals surface area contributed by atoms with Crippen LogP contribution in [-0.4, -0.2) is 28.3 Å². The molecular formula is C21H22F2N4O3S. The average Bonchev–Trinajstić information content (AvgIpc) is 3.20. The molecule has 0 bridgehead atoms. The van der Waals surface area contributed by atoms with E-state index in [0.717, 1.165) is 17.7 Å². The molecule has 0 unspecified atom stereocenters. The number of hydrogen-bond donors (Lipinski definition) is 2. The Morgan fingerprint density at radius 2 is 1.94 bits per heavy atom. The fraction of sp³-hybridized carbons (Fsp3) is 0.238. The molecule has 7 nitrogen and oxygen atoms in total. The minimum absolute atomic E-state index is 0.00649. The average molecular weight is 448 g/mol. The van der Waals surface area contributed by atoms with E-state index in [1.54, 1.807) is 31.2 Å². The molecule has 1 heterocycles. The van der Waals surface area contributed by atoms with Crippen molar-refractivity contribution in [2.45, 2.75) is 30.4 Å². The predicted molar refractivity (Wildman–Crippen MR) is 111 cm³/mol. The van der Waals surface area contributed by atoms with Crippen LogP contribution >= 0.6 is 0 Å². The second-order valence-electron chi connectivity index (χ2n) is 7.29. The van der Waals surface area contributed by atoms with Gasteiger partial charge in [0.05, 0.1) is 11.4 Å². The lowest BCUT2D eigenvalue weighted by atomic mass is 9.80. The normalized spacial score (nSPS) is 15.1. The maximum atomic E-state index is 14.5. The van der Waals surface area contributed by atoms with Crippen molar-refractivity contribution in [2.24, 2.45) is 11.1 Å². The van der Waals surface area contributed by atoms with E-state index in [1.807, 2.05) is 0 Å². The Morgan fingerprint density at radius 1 is 1.23 bits per heavy atom. The Balaban J connectivity index is 1.83. The number of nitrogens with two attached hydrogens (primary N) is 1. The van der Waals surface area contributed by atoms with Crippen molar-refractivity contribution in [2.75, 3.05) is 0 Å². The summed E-state index contributed by atoms with van der Waals surface area (Å²) >= 11 is 0. The Hall–Kier alpha value is -2.95. The highest BCUT2D eigenvalue weighted by Crippen LogP contribution is 2.35. The van der Waals surface area contributed by atoms with Crippen LogP contribution in [0.25, 0.3) is 6.08 Å².